The van der Waals surface area contributed by atoms with E-state index >= 15 is 0 Å². The molecule has 6 heteroatoms. The summed E-state index contributed by atoms with van der Waals surface area (Å²) in [6.45, 7) is 1.83. The zero-order valence-electron chi connectivity index (χ0n) is 10.6. The first-order chi connectivity index (χ1) is 9.11. The fraction of sp³-hybridized carbons (Fsp3) is 0.462. The van der Waals surface area contributed by atoms with E-state index in [0.717, 1.165) is 23.1 Å². The zero-order chi connectivity index (χ0) is 13.5. The molecule has 2 aromatic heterocycles. The van der Waals surface area contributed by atoms with E-state index in [-0.39, 0.29) is 0 Å². The standard InChI is InChI=1S/C13H15N3O2S/c1-8-14-10(9-4-7-19-11(9)15-8)16-13(12(17)18)5-2-3-6-13/h4,7H,2-3,5-6H2,1H3,(H,17,18)(H,14,15,16). The van der Waals surface area contributed by atoms with Crippen molar-refractivity contribution in [3.63, 3.8) is 0 Å². The lowest BCUT2D eigenvalue weighted by Gasteiger charge is -2.26. The molecule has 0 atom stereocenters. The molecule has 5 nitrogen and oxygen atoms in total. The summed E-state index contributed by atoms with van der Waals surface area (Å²) in [7, 11) is 0. The largest absolute Gasteiger partial charge is 0.480 e. The maximum atomic E-state index is 11.6. The van der Waals surface area contributed by atoms with Crippen molar-refractivity contribution in [2.45, 2.75) is 38.1 Å². The molecule has 0 aliphatic heterocycles. The second kappa shape index (κ2) is 4.45. The number of carbonyl (C=O) groups is 1. The van der Waals surface area contributed by atoms with Crippen LogP contribution in [0, 0.1) is 6.92 Å². The van der Waals surface area contributed by atoms with Gasteiger partial charge >= 0.3 is 5.97 Å². The molecule has 0 aromatic carbocycles. The van der Waals surface area contributed by atoms with E-state index in [2.05, 4.69) is 15.3 Å². The molecular weight excluding hydrogens is 262 g/mol. The van der Waals surface area contributed by atoms with E-state index in [9.17, 15) is 9.90 Å². The van der Waals surface area contributed by atoms with Gasteiger partial charge in [-0.3, -0.25) is 0 Å². The predicted octanol–water partition coefficient (Wildman–Crippen LogP) is 2.81. The molecule has 0 unspecified atom stereocenters. The van der Waals surface area contributed by atoms with Gasteiger partial charge in [-0.05, 0) is 31.2 Å². The van der Waals surface area contributed by atoms with E-state index in [1.807, 2.05) is 18.4 Å². The molecule has 0 bridgehead atoms. The van der Waals surface area contributed by atoms with Crippen molar-refractivity contribution in [1.29, 1.82) is 0 Å². The number of anilines is 1. The minimum atomic E-state index is -0.865. The highest BCUT2D eigenvalue weighted by Crippen LogP contribution is 2.35. The van der Waals surface area contributed by atoms with Crippen LogP contribution in [0.2, 0.25) is 0 Å². The van der Waals surface area contributed by atoms with Crippen molar-refractivity contribution < 1.29 is 9.90 Å². The molecule has 1 aliphatic carbocycles. The van der Waals surface area contributed by atoms with Crippen LogP contribution in [0.5, 0.6) is 0 Å². The number of nitrogens with zero attached hydrogens (tertiary/aromatic N) is 2. The fourth-order valence-electron chi connectivity index (χ4n) is 2.65. The molecule has 0 radical (unpaired) electrons. The second-order valence-electron chi connectivity index (χ2n) is 4.98. The van der Waals surface area contributed by atoms with Crippen LogP contribution >= 0.6 is 11.3 Å². The van der Waals surface area contributed by atoms with Gasteiger partial charge in [0.05, 0.1) is 5.39 Å². The average molecular weight is 277 g/mol. The van der Waals surface area contributed by atoms with Gasteiger partial charge in [-0.15, -0.1) is 11.3 Å². The number of hydrogen-bond donors (Lipinski definition) is 2. The lowest BCUT2D eigenvalue weighted by molar-refractivity contribution is -0.142. The highest BCUT2D eigenvalue weighted by molar-refractivity contribution is 7.16. The van der Waals surface area contributed by atoms with E-state index in [0.29, 0.717) is 24.5 Å². The van der Waals surface area contributed by atoms with Crippen molar-refractivity contribution in [2.75, 3.05) is 5.32 Å². The summed E-state index contributed by atoms with van der Waals surface area (Å²) in [5.41, 5.74) is -0.865. The summed E-state index contributed by atoms with van der Waals surface area (Å²) in [6, 6.07) is 1.94. The summed E-state index contributed by atoms with van der Waals surface area (Å²) >= 11 is 1.54. The predicted molar refractivity (Wildman–Crippen MR) is 74.6 cm³/mol. The first kappa shape index (κ1) is 12.3. The molecule has 1 fully saturated rings. The number of thiophene rings is 1. The Kier molecular flexibility index (Phi) is 2.89. The summed E-state index contributed by atoms with van der Waals surface area (Å²) < 4.78 is 0. The lowest BCUT2D eigenvalue weighted by Crippen LogP contribution is -2.44. The molecule has 0 saturated heterocycles. The summed E-state index contributed by atoms with van der Waals surface area (Å²) in [4.78, 5) is 21.2. The van der Waals surface area contributed by atoms with Gasteiger partial charge in [0.25, 0.3) is 0 Å². The van der Waals surface area contributed by atoms with E-state index < -0.39 is 11.5 Å². The first-order valence-corrected chi connectivity index (χ1v) is 7.22. The van der Waals surface area contributed by atoms with Crippen LogP contribution in [-0.2, 0) is 4.79 Å². The number of nitrogens with one attached hydrogen (secondary N) is 1. The Morgan fingerprint density at radius 2 is 2.16 bits per heavy atom. The molecule has 1 saturated carbocycles. The Balaban J connectivity index is 2.04. The van der Waals surface area contributed by atoms with Gasteiger partial charge in [-0.2, -0.15) is 0 Å². The molecule has 2 N–H and O–H groups in total. The molecule has 100 valence electrons. The lowest BCUT2D eigenvalue weighted by atomic mass is 9.98. The fourth-order valence-corrected chi connectivity index (χ4v) is 3.46. The number of aromatic nitrogens is 2. The van der Waals surface area contributed by atoms with Crippen molar-refractivity contribution >= 4 is 33.3 Å². The maximum Gasteiger partial charge on any atom is 0.329 e. The molecular formula is C13H15N3O2S. The first-order valence-electron chi connectivity index (χ1n) is 6.34. The molecule has 1 aliphatic rings. The summed E-state index contributed by atoms with van der Waals surface area (Å²) in [5, 5.41) is 15.5. The Morgan fingerprint density at radius 3 is 2.84 bits per heavy atom. The van der Waals surface area contributed by atoms with Gasteiger partial charge in [-0.25, -0.2) is 14.8 Å². The SMILES string of the molecule is Cc1nc(NC2(C(=O)O)CCCC2)c2ccsc2n1. The van der Waals surface area contributed by atoms with Crippen molar-refractivity contribution in [1.82, 2.24) is 9.97 Å². The molecule has 3 rings (SSSR count). The number of fused-ring (bicyclic) bond motifs is 1. The third kappa shape index (κ3) is 2.06. The Bertz CT molecular complexity index is 632. The number of hydrogen-bond acceptors (Lipinski definition) is 5. The van der Waals surface area contributed by atoms with Crippen molar-refractivity contribution in [3.05, 3.63) is 17.3 Å². The minimum Gasteiger partial charge on any atom is -0.480 e. The van der Waals surface area contributed by atoms with Gasteiger partial charge in [0.2, 0.25) is 0 Å². The quantitative estimate of drug-likeness (QED) is 0.902. The number of rotatable bonds is 3. The van der Waals surface area contributed by atoms with Gasteiger partial charge in [-0.1, -0.05) is 12.8 Å². The number of carboxylic acids is 1. The zero-order valence-corrected chi connectivity index (χ0v) is 11.5. The smallest absolute Gasteiger partial charge is 0.329 e. The van der Waals surface area contributed by atoms with Gasteiger partial charge in [0.15, 0.2) is 0 Å². The van der Waals surface area contributed by atoms with Crippen LogP contribution in [0.15, 0.2) is 11.4 Å². The van der Waals surface area contributed by atoms with E-state index in [1.54, 1.807) is 11.3 Å². The molecule has 19 heavy (non-hydrogen) atoms. The van der Waals surface area contributed by atoms with Crippen LogP contribution in [0.1, 0.15) is 31.5 Å². The number of carboxylic acid groups (broad SMARTS) is 1. The average Bonchev–Trinajstić information content (AvgIpc) is 2.97. The van der Waals surface area contributed by atoms with Crippen molar-refractivity contribution in [3.8, 4) is 0 Å². The van der Waals surface area contributed by atoms with Crippen LogP contribution < -0.4 is 5.32 Å². The van der Waals surface area contributed by atoms with E-state index in [1.165, 1.54) is 0 Å². The monoisotopic (exact) mass is 277 g/mol. The van der Waals surface area contributed by atoms with Gasteiger partial charge in [0, 0.05) is 0 Å². The third-order valence-corrected chi connectivity index (χ3v) is 4.47. The highest BCUT2D eigenvalue weighted by atomic mass is 32.1. The molecule has 2 aromatic rings. The van der Waals surface area contributed by atoms with Gasteiger partial charge < -0.3 is 10.4 Å². The second-order valence-corrected chi connectivity index (χ2v) is 5.87. The van der Waals surface area contributed by atoms with Gasteiger partial charge in [0.1, 0.15) is 22.0 Å². The highest BCUT2D eigenvalue weighted by Gasteiger charge is 2.41. The van der Waals surface area contributed by atoms with Crippen LogP contribution in [0.25, 0.3) is 10.2 Å². The number of aryl methyl sites for hydroxylation is 1. The molecule has 2 heterocycles. The number of aliphatic carboxylic acids is 1. The van der Waals surface area contributed by atoms with Crippen molar-refractivity contribution in [2.24, 2.45) is 0 Å². The normalized spacial score (nSPS) is 17.7. The Labute approximate surface area is 114 Å². The van der Waals surface area contributed by atoms with Crippen LogP contribution in [-0.4, -0.2) is 26.6 Å². The van der Waals surface area contributed by atoms with E-state index in [4.69, 9.17) is 0 Å². The Morgan fingerprint density at radius 1 is 1.42 bits per heavy atom. The minimum absolute atomic E-state index is 0.646. The topological polar surface area (TPSA) is 75.1 Å². The van der Waals surface area contributed by atoms with Crippen LogP contribution in [0.3, 0.4) is 0 Å². The third-order valence-electron chi connectivity index (χ3n) is 3.66. The summed E-state index contributed by atoms with van der Waals surface area (Å²) in [6.07, 6.45) is 3.18. The molecule has 0 spiro atoms. The molecule has 0 amide bonds. The van der Waals surface area contributed by atoms with Crippen LogP contribution in [0.4, 0.5) is 5.82 Å². The summed E-state index contributed by atoms with van der Waals surface area (Å²) in [5.74, 6) is 0.522. The Hall–Kier alpha value is -1.69. The maximum absolute atomic E-state index is 11.6.